The van der Waals surface area contributed by atoms with Crippen LogP contribution in [0.3, 0.4) is 0 Å². The van der Waals surface area contributed by atoms with Gasteiger partial charge in [0.15, 0.2) is 0 Å². The summed E-state index contributed by atoms with van der Waals surface area (Å²) in [6, 6.07) is 10.7. The molecule has 0 heteroatoms. The molecule has 0 amide bonds. The average Bonchev–Trinajstić information content (AvgIpc) is 2.14. The molecule has 0 aromatic heterocycles. The van der Waals surface area contributed by atoms with Gasteiger partial charge in [-0.15, -0.1) is 0 Å². The highest BCUT2D eigenvalue weighted by molar-refractivity contribution is 5.27. The van der Waals surface area contributed by atoms with Gasteiger partial charge in [0.1, 0.15) is 0 Å². The standard InChI is InChI=1S/C15H22/c1-12(2)11-14(15(3,4)5)13-9-7-6-8-10-13/h6-11,14H,1-5H3. The summed E-state index contributed by atoms with van der Waals surface area (Å²) in [4.78, 5) is 0. The van der Waals surface area contributed by atoms with E-state index in [0.717, 1.165) is 0 Å². The van der Waals surface area contributed by atoms with Gasteiger partial charge in [0, 0.05) is 5.92 Å². The van der Waals surface area contributed by atoms with Crippen LogP contribution in [0.5, 0.6) is 0 Å². The molecule has 0 bridgehead atoms. The minimum absolute atomic E-state index is 0.276. The molecule has 82 valence electrons. The second-order valence-electron chi connectivity index (χ2n) is 5.50. The van der Waals surface area contributed by atoms with E-state index >= 15 is 0 Å². The van der Waals surface area contributed by atoms with E-state index < -0.39 is 0 Å². The van der Waals surface area contributed by atoms with Crippen molar-refractivity contribution in [1.29, 1.82) is 0 Å². The zero-order valence-corrected chi connectivity index (χ0v) is 10.5. The van der Waals surface area contributed by atoms with Crippen LogP contribution in [0.4, 0.5) is 0 Å². The maximum Gasteiger partial charge on any atom is 0.00690 e. The summed E-state index contributed by atoms with van der Waals surface area (Å²) in [5.41, 5.74) is 3.07. The monoisotopic (exact) mass is 202 g/mol. The third-order valence-electron chi connectivity index (χ3n) is 2.59. The summed E-state index contributed by atoms with van der Waals surface area (Å²) in [5, 5.41) is 0. The summed E-state index contributed by atoms with van der Waals surface area (Å²) >= 11 is 0. The van der Waals surface area contributed by atoms with E-state index in [1.54, 1.807) is 0 Å². The Morgan fingerprint density at radius 1 is 1.07 bits per heavy atom. The molecule has 0 aliphatic heterocycles. The molecule has 0 heterocycles. The highest BCUT2D eigenvalue weighted by atomic mass is 14.3. The molecule has 1 unspecified atom stereocenters. The molecular weight excluding hydrogens is 180 g/mol. The summed E-state index contributed by atoms with van der Waals surface area (Å²) in [5.74, 6) is 0.503. The number of allylic oxidation sites excluding steroid dienone is 2. The van der Waals surface area contributed by atoms with Crippen molar-refractivity contribution in [1.82, 2.24) is 0 Å². The quantitative estimate of drug-likeness (QED) is 0.605. The van der Waals surface area contributed by atoms with Crippen LogP contribution >= 0.6 is 0 Å². The van der Waals surface area contributed by atoms with Gasteiger partial charge in [-0.3, -0.25) is 0 Å². The lowest BCUT2D eigenvalue weighted by atomic mass is 9.76. The van der Waals surface area contributed by atoms with E-state index in [2.05, 4.69) is 71.0 Å². The summed E-state index contributed by atoms with van der Waals surface area (Å²) in [6.45, 7) is 11.2. The highest BCUT2D eigenvalue weighted by Gasteiger charge is 2.23. The molecule has 1 aromatic carbocycles. The van der Waals surface area contributed by atoms with Crippen LogP contribution in [-0.2, 0) is 0 Å². The SMILES string of the molecule is CC(C)=CC(c1ccccc1)C(C)(C)C. The Balaban J connectivity index is 3.08. The Bertz CT molecular complexity index is 321. The predicted octanol–water partition coefficient (Wildman–Crippen LogP) is 4.78. The lowest BCUT2D eigenvalue weighted by Gasteiger charge is -2.29. The topological polar surface area (TPSA) is 0 Å². The van der Waals surface area contributed by atoms with Gasteiger partial charge in [-0.25, -0.2) is 0 Å². The van der Waals surface area contributed by atoms with Crippen molar-refractivity contribution in [2.75, 3.05) is 0 Å². The van der Waals surface area contributed by atoms with Crippen LogP contribution in [0.1, 0.15) is 46.1 Å². The molecule has 0 saturated carbocycles. The molecule has 0 N–H and O–H groups in total. The first-order valence-electron chi connectivity index (χ1n) is 5.61. The van der Waals surface area contributed by atoms with Crippen LogP contribution in [-0.4, -0.2) is 0 Å². The molecule has 1 atom stereocenters. The van der Waals surface area contributed by atoms with Gasteiger partial charge in [0.25, 0.3) is 0 Å². The second kappa shape index (κ2) is 4.65. The molecule has 1 rings (SSSR count). The number of rotatable bonds is 2. The van der Waals surface area contributed by atoms with E-state index in [1.165, 1.54) is 11.1 Å². The number of hydrogen-bond acceptors (Lipinski definition) is 0. The minimum atomic E-state index is 0.276. The Morgan fingerprint density at radius 2 is 1.60 bits per heavy atom. The van der Waals surface area contributed by atoms with Crippen molar-refractivity contribution in [3.05, 3.63) is 47.5 Å². The zero-order valence-electron chi connectivity index (χ0n) is 10.5. The van der Waals surface area contributed by atoms with Crippen LogP contribution in [0.2, 0.25) is 0 Å². The van der Waals surface area contributed by atoms with Gasteiger partial charge in [-0.05, 0) is 24.8 Å². The van der Waals surface area contributed by atoms with E-state index in [4.69, 9.17) is 0 Å². The molecule has 0 saturated heterocycles. The van der Waals surface area contributed by atoms with Crippen molar-refractivity contribution in [2.24, 2.45) is 5.41 Å². The smallest absolute Gasteiger partial charge is 0.00690 e. The molecule has 0 nitrogen and oxygen atoms in total. The van der Waals surface area contributed by atoms with Crippen molar-refractivity contribution < 1.29 is 0 Å². The van der Waals surface area contributed by atoms with E-state index in [-0.39, 0.29) is 5.41 Å². The molecule has 0 spiro atoms. The summed E-state index contributed by atoms with van der Waals surface area (Å²) < 4.78 is 0. The van der Waals surface area contributed by atoms with Crippen molar-refractivity contribution >= 4 is 0 Å². The first-order valence-corrected chi connectivity index (χ1v) is 5.61. The third-order valence-corrected chi connectivity index (χ3v) is 2.59. The number of benzene rings is 1. The van der Waals surface area contributed by atoms with Crippen LogP contribution < -0.4 is 0 Å². The van der Waals surface area contributed by atoms with Crippen LogP contribution in [0.15, 0.2) is 42.0 Å². The molecule has 0 fully saturated rings. The van der Waals surface area contributed by atoms with Gasteiger partial charge >= 0.3 is 0 Å². The molecule has 0 aliphatic rings. The average molecular weight is 202 g/mol. The first kappa shape index (κ1) is 12.0. The largest absolute Gasteiger partial charge is 0.0798 e. The Morgan fingerprint density at radius 3 is 2.00 bits per heavy atom. The zero-order chi connectivity index (χ0) is 11.5. The molecule has 15 heavy (non-hydrogen) atoms. The van der Waals surface area contributed by atoms with E-state index in [0.29, 0.717) is 5.92 Å². The third kappa shape index (κ3) is 3.54. The predicted molar refractivity (Wildman–Crippen MR) is 68.1 cm³/mol. The second-order valence-corrected chi connectivity index (χ2v) is 5.50. The summed E-state index contributed by atoms with van der Waals surface area (Å²) in [7, 11) is 0. The molecule has 1 aromatic rings. The summed E-state index contributed by atoms with van der Waals surface area (Å²) in [6.07, 6.45) is 2.37. The van der Waals surface area contributed by atoms with Crippen molar-refractivity contribution in [3.63, 3.8) is 0 Å². The first-order chi connectivity index (χ1) is 6.91. The van der Waals surface area contributed by atoms with Gasteiger partial charge in [-0.1, -0.05) is 62.8 Å². The molecular formula is C15H22. The Labute approximate surface area is 94.0 Å². The Hall–Kier alpha value is -1.04. The minimum Gasteiger partial charge on any atom is -0.0798 e. The Kier molecular flexibility index (Phi) is 3.73. The van der Waals surface area contributed by atoms with Gasteiger partial charge in [0.2, 0.25) is 0 Å². The lowest BCUT2D eigenvalue weighted by Crippen LogP contribution is -2.16. The maximum absolute atomic E-state index is 2.37. The molecule has 0 radical (unpaired) electrons. The fraction of sp³-hybridized carbons (Fsp3) is 0.467. The van der Waals surface area contributed by atoms with Gasteiger partial charge in [0.05, 0.1) is 0 Å². The van der Waals surface area contributed by atoms with Crippen molar-refractivity contribution in [2.45, 2.75) is 40.5 Å². The lowest BCUT2D eigenvalue weighted by molar-refractivity contribution is 0.365. The van der Waals surface area contributed by atoms with E-state index in [9.17, 15) is 0 Å². The van der Waals surface area contributed by atoms with Crippen molar-refractivity contribution in [3.8, 4) is 0 Å². The van der Waals surface area contributed by atoms with E-state index in [1.807, 2.05) is 0 Å². The van der Waals surface area contributed by atoms with Gasteiger partial charge in [-0.2, -0.15) is 0 Å². The highest BCUT2D eigenvalue weighted by Crippen LogP contribution is 2.36. The van der Waals surface area contributed by atoms with Crippen LogP contribution in [0, 0.1) is 5.41 Å². The maximum atomic E-state index is 2.37. The molecule has 0 aliphatic carbocycles. The van der Waals surface area contributed by atoms with Gasteiger partial charge < -0.3 is 0 Å². The fourth-order valence-corrected chi connectivity index (χ4v) is 1.84. The number of hydrogen-bond donors (Lipinski definition) is 0. The normalized spacial score (nSPS) is 13.4. The fourth-order valence-electron chi connectivity index (χ4n) is 1.84. The van der Waals surface area contributed by atoms with Crippen LogP contribution in [0.25, 0.3) is 0 Å².